The van der Waals surface area contributed by atoms with E-state index in [9.17, 15) is 0 Å². The molecule has 0 saturated carbocycles. The van der Waals surface area contributed by atoms with Gasteiger partial charge < -0.3 is 5.32 Å². The van der Waals surface area contributed by atoms with E-state index >= 15 is 0 Å². The molecule has 0 aliphatic carbocycles. The second-order valence-electron chi connectivity index (χ2n) is 2.05. The van der Waals surface area contributed by atoms with Gasteiger partial charge in [0.25, 0.3) is 0 Å². The Kier molecular flexibility index (Phi) is 2.71. The normalized spacial score (nSPS) is 8.82. The number of halogens is 1. The third kappa shape index (κ3) is 1.84. The molecule has 1 aromatic carbocycles. The van der Waals surface area contributed by atoms with E-state index in [2.05, 4.69) is 34.0 Å². The number of rotatable bonds is 1. The number of hydrogen-bond donors (Lipinski definition) is 1. The molecule has 0 saturated heterocycles. The van der Waals surface area contributed by atoms with E-state index in [0.29, 0.717) is 5.56 Å². The number of hydrogen-bond acceptors (Lipinski definition) is 2. The van der Waals surface area contributed by atoms with Crippen LogP contribution in [0.15, 0.2) is 18.2 Å². The van der Waals surface area contributed by atoms with Gasteiger partial charge in [-0.15, -0.1) is 0 Å². The second-order valence-corrected chi connectivity index (χ2v) is 3.30. The molecular weight excluding hydrogens is 251 g/mol. The molecule has 0 bridgehead atoms. The predicted molar refractivity (Wildman–Crippen MR) is 53.4 cm³/mol. The van der Waals surface area contributed by atoms with Crippen molar-refractivity contribution in [3.63, 3.8) is 0 Å². The van der Waals surface area contributed by atoms with Crippen LogP contribution in [0.3, 0.4) is 0 Å². The van der Waals surface area contributed by atoms with Crippen LogP contribution in [0.2, 0.25) is 0 Å². The maximum absolute atomic E-state index is 8.68. The summed E-state index contributed by atoms with van der Waals surface area (Å²) in [5, 5.41) is 11.6. The topological polar surface area (TPSA) is 35.8 Å². The molecular formula is C8H7IN2. The van der Waals surface area contributed by atoms with Crippen LogP contribution in [0, 0.1) is 14.9 Å². The zero-order valence-corrected chi connectivity index (χ0v) is 8.21. The van der Waals surface area contributed by atoms with Crippen LogP contribution in [0.25, 0.3) is 0 Å². The van der Waals surface area contributed by atoms with Crippen LogP contribution in [0.1, 0.15) is 5.56 Å². The highest BCUT2D eigenvalue weighted by atomic mass is 127. The van der Waals surface area contributed by atoms with Crippen molar-refractivity contribution in [3.8, 4) is 6.07 Å². The molecule has 0 radical (unpaired) electrons. The van der Waals surface area contributed by atoms with Gasteiger partial charge in [-0.2, -0.15) is 5.26 Å². The minimum atomic E-state index is 0.694. The average molecular weight is 258 g/mol. The zero-order chi connectivity index (χ0) is 8.27. The number of nitrogens with zero attached hydrogens (tertiary/aromatic N) is 1. The second kappa shape index (κ2) is 3.58. The molecule has 3 heteroatoms. The van der Waals surface area contributed by atoms with Gasteiger partial charge in [-0.3, -0.25) is 0 Å². The van der Waals surface area contributed by atoms with Crippen LogP contribution in [-0.4, -0.2) is 7.05 Å². The van der Waals surface area contributed by atoms with E-state index in [1.807, 2.05) is 25.2 Å². The molecule has 11 heavy (non-hydrogen) atoms. The number of benzene rings is 1. The van der Waals surface area contributed by atoms with E-state index in [-0.39, 0.29) is 0 Å². The summed E-state index contributed by atoms with van der Waals surface area (Å²) in [6, 6.07) is 7.84. The van der Waals surface area contributed by atoms with Gasteiger partial charge in [-0.25, -0.2) is 0 Å². The molecule has 0 amide bonds. The summed E-state index contributed by atoms with van der Waals surface area (Å²) in [6.45, 7) is 0. The molecule has 1 N–H and O–H groups in total. The zero-order valence-electron chi connectivity index (χ0n) is 6.06. The molecule has 0 atom stereocenters. The average Bonchev–Trinajstić information content (AvgIpc) is 2.04. The van der Waals surface area contributed by atoms with Gasteiger partial charge in [0.05, 0.1) is 11.3 Å². The molecule has 1 rings (SSSR count). The van der Waals surface area contributed by atoms with Crippen molar-refractivity contribution < 1.29 is 0 Å². The van der Waals surface area contributed by atoms with Gasteiger partial charge in [0, 0.05) is 10.6 Å². The maximum Gasteiger partial charge on any atom is 0.101 e. The van der Waals surface area contributed by atoms with Gasteiger partial charge >= 0.3 is 0 Å². The van der Waals surface area contributed by atoms with E-state index in [0.717, 1.165) is 9.26 Å². The van der Waals surface area contributed by atoms with Crippen molar-refractivity contribution >= 4 is 28.3 Å². The van der Waals surface area contributed by atoms with E-state index in [1.165, 1.54) is 0 Å². The SMILES string of the molecule is CNc1ccc(I)cc1C#N. The first-order valence-corrected chi connectivity index (χ1v) is 4.23. The number of anilines is 1. The minimum absolute atomic E-state index is 0.694. The first kappa shape index (κ1) is 8.34. The van der Waals surface area contributed by atoms with Crippen molar-refractivity contribution in [1.29, 1.82) is 5.26 Å². The molecule has 0 heterocycles. The predicted octanol–water partition coefficient (Wildman–Crippen LogP) is 2.20. The third-order valence-corrected chi connectivity index (χ3v) is 2.04. The van der Waals surface area contributed by atoms with Crippen molar-refractivity contribution in [1.82, 2.24) is 0 Å². The van der Waals surface area contributed by atoms with Crippen LogP contribution >= 0.6 is 22.6 Å². The van der Waals surface area contributed by atoms with Crippen molar-refractivity contribution in [2.24, 2.45) is 0 Å². The molecule has 0 aliphatic rings. The quantitative estimate of drug-likeness (QED) is 0.784. The van der Waals surface area contributed by atoms with Gasteiger partial charge in [0.15, 0.2) is 0 Å². The fraction of sp³-hybridized carbons (Fsp3) is 0.125. The van der Waals surface area contributed by atoms with Crippen LogP contribution < -0.4 is 5.32 Å². The lowest BCUT2D eigenvalue weighted by atomic mass is 10.2. The highest BCUT2D eigenvalue weighted by molar-refractivity contribution is 14.1. The van der Waals surface area contributed by atoms with Gasteiger partial charge in [0.2, 0.25) is 0 Å². The van der Waals surface area contributed by atoms with Crippen molar-refractivity contribution in [2.75, 3.05) is 12.4 Å². The molecule has 0 aliphatic heterocycles. The first-order valence-electron chi connectivity index (χ1n) is 3.15. The van der Waals surface area contributed by atoms with Gasteiger partial charge in [-0.05, 0) is 40.8 Å². The lowest BCUT2D eigenvalue weighted by molar-refractivity contribution is 1.43. The molecule has 0 unspecified atom stereocenters. The third-order valence-electron chi connectivity index (χ3n) is 1.37. The van der Waals surface area contributed by atoms with E-state index in [1.54, 1.807) is 0 Å². The molecule has 2 nitrogen and oxygen atoms in total. The standard InChI is InChI=1S/C8H7IN2/c1-11-8-3-2-7(9)4-6(8)5-10/h2-4,11H,1H3. The van der Waals surface area contributed by atoms with Crippen molar-refractivity contribution in [3.05, 3.63) is 27.3 Å². The highest BCUT2D eigenvalue weighted by Gasteiger charge is 1.98. The smallest absolute Gasteiger partial charge is 0.101 e. The van der Waals surface area contributed by atoms with E-state index < -0.39 is 0 Å². The van der Waals surface area contributed by atoms with Gasteiger partial charge in [-0.1, -0.05) is 0 Å². The largest absolute Gasteiger partial charge is 0.387 e. The Bertz CT molecular complexity index is 301. The Balaban J connectivity index is 3.19. The fourth-order valence-corrected chi connectivity index (χ4v) is 1.32. The molecule has 0 spiro atoms. The lowest BCUT2D eigenvalue weighted by Gasteiger charge is -2.01. The molecule has 0 aromatic heterocycles. The fourth-order valence-electron chi connectivity index (χ4n) is 0.827. The maximum atomic E-state index is 8.68. The highest BCUT2D eigenvalue weighted by Crippen LogP contribution is 2.16. The van der Waals surface area contributed by atoms with Crippen LogP contribution in [-0.2, 0) is 0 Å². The summed E-state index contributed by atoms with van der Waals surface area (Å²) >= 11 is 2.18. The summed E-state index contributed by atoms with van der Waals surface area (Å²) in [6.07, 6.45) is 0. The molecule has 0 fully saturated rings. The van der Waals surface area contributed by atoms with Gasteiger partial charge in [0.1, 0.15) is 6.07 Å². The Labute approximate surface area is 79.4 Å². The molecule has 1 aromatic rings. The number of nitrogens with one attached hydrogen (secondary N) is 1. The monoisotopic (exact) mass is 258 g/mol. The van der Waals surface area contributed by atoms with Crippen molar-refractivity contribution in [2.45, 2.75) is 0 Å². The lowest BCUT2D eigenvalue weighted by Crippen LogP contribution is -1.91. The summed E-state index contributed by atoms with van der Waals surface area (Å²) in [7, 11) is 1.81. The summed E-state index contributed by atoms with van der Waals surface area (Å²) in [5.41, 5.74) is 1.58. The van der Waals surface area contributed by atoms with Crippen LogP contribution in [0.4, 0.5) is 5.69 Å². The minimum Gasteiger partial charge on any atom is -0.387 e. The first-order chi connectivity index (χ1) is 5.27. The Hall–Kier alpha value is -0.760. The molecule has 56 valence electrons. The summed E-state index contributed by atoms with van der Waals surface area (Å²) in [5.74, 6) is 0. The van der Waals surface area contributed by atoms with E-state index in [4.69, 9.17) is 5.26 Å². The Morgan fingerprint density at radius 2 is 2.27 bits per heavy atom. The van der Waals surface area contributed by atoms with Crippen LogP contribution in [0.5, 0.6) is 0 Å². The number of nitriles is 1. The Morgan fingerprint density at radius 1 is 1.55 bits per heavy atom. The summed E-state index contributed by atoms with van der Waals surface area (Å²) in [4.78, 5) is 0. The Morgan fingerprint density at radius 3 is 2.82 bits per heavy atom. The summed E-state index contributed by atoms with van der Waals surface area (Å²) < 4.78 is 1.08.